The highest BCUT2D eigenvalue weighted by Crippen LogP contribution is 2.37. The zero-order chi connectivity index (χ0) is 20.2. The van der Waals surface area contributed by atoms with Gasteiger partial charge < -0.3 is 20.7 Å². The van der Waals surface area contributed by atoms with Crippen molar-refractivity contribution < 1.29 is 9.90 Å². The third kappa shape index (κ3) is 2.84. The molecular formula is C22H21N5O2. The lowest BCUT2D eigenvalue weighted by atomic mass is 10.0. The molecule has 0 spiro atoms. The Morgan fingerprint density at radius 3 is 2.90 bits per heavy atom. The third-order valence-electron chi connectivity index (χ3n) is 5.84. The van der Waals surface area contributed by atoms with Crippen LogP contribution in [0.4, 0.5) is 5.95 Å². The minimum absolute atomic E-state index is 0.164. The molecule has 3 aromatic rings. The van der Waals surface area contributed by atoms with Crippen LogP contribution in [0.5, 0.6) is 0 Å². The largest absolute Gasteiger partial charge is 0.378 e. The molecule has 1 saturated carbocycles. The summed E-state index contributed by atoms with van der Waals surface area (Å²) in [4.78, 5) is 21.3. The van der Waals surface area contributed by atoms with E-state index in [1.54, 1.807) is 6.20 Å². The molecule has 29 heavy (non-hydrogen) atoms. The van der Waals surface area contributed by atoms with E-state index in [1.165, 1.54) is 0 Å². The van der Waals surface area contributed by atoms with E-state index in [-0.39, 0.29) is 11.9 Å². The van der Waals surface area contributed by atoms with Gasteiger partial charge in [0.1, 0.15) is 11.3 Å². The van der Waals surface area contributed by atoms with Crippen molar-refractivity contribution in [3.8, 4) is 23.1 Å². The minimum atomic E-state index is -0.892. The normalized spacial score (nSPS) is 17.1. The average molecular weight is 387 g/mol. The number of hydrogen-bond acceptors (Lipinski definition) is 5. The highest BCUT2D eigenvalue weighted by Gasteiger charge is 2.29. The molecule has 4 N–H and O–H groups in total. The molecule has 3 heterocycles. The van der Waals surface area contributed by atoms with E-state index in [1.807, 2.05) is 29.8 Å². The molecule has 146 valence electrons. The van der Waals surface area contributed by atoms with Gasteiger partial charge in [0.05, 0.1) is 5.69 Å². The molecule has 0 saturated heterocycles. The van der Waals surface area contributed by atoms with Crippen LogP contribution in [0.25, 0.3) is 22.2 Å². The van der Waals surface area contributed by atoms with Gasteiger partial charge in [-0.1, -0.05) is 11.8 Å². The van der Waals surface area contributed by atoms with Crippen LogP contribution in [-0.4, -0.2) is 31.1 Å². The summed E-state index contributed by atoms with van der Waals surface area (Å²) in [5.74, 6) is 6.18. The van der Waals surface area contributed by atoms with Crippen LogP contribution in [0.2, 0.25) is 0 Å². The van der Waals surface area contributed by atoms with Crippen molar-refractivity contribution in [3.05, 3.63) is 41.2 Å². The Hall–Kier alpha value is -3.37. The molecule has 1 fully saturated rings. The van der Waals surface area contributed by atoms with Gasteiger partial charge >= 0.3 is 0 Å². The first-order valence-corrected chi connectivity index (χ1v) is 9.73. The Bertz CT molecular complexity index is 1230. The lowest BCUT2D eigenvalue weighted by Crippen LogP contribution is -2.23. The SMILES string of the molecule is Cn1c2c(c3cc(C#CC4(O)CCCC4)ccc31)-c1nc(N)ncc1CNC2=O. The maximum Gasteiger partial charge on any atom is 0.268 e. The monoisotopic (exact) mass is 387 g/mol. The molecule has 5 rings (SSSR count). The molecule has 2 aliphatic rings. The number of nitrogens with two attached hydrogens (primary N) is 1. The fraction of sp³-hybridized carbons (Fsp3) is 0.318. The first kappa shape index (κ1) is 17.7. The van der Waals surface area contributed by atoms with Crippen LogP contribution in [0.15, 0.2) is 24.4 Å². The fourth-order valence-corrected chi connectivity index (χ4v) is 4.33. The summed E-state index contributed by atoms with van der Waals surface area (Å²) < 4.78 is 1.87. The maximum atomic E-state index is 12.8. The summed E-state index contributed by atoms with van der Waals surface area (Å²) >= 11 is 0. The first-order chi connectivity index (χ1) is 14.0. The van der Waals surface area contributed by atoms with Gasteiger partial charge in [0.15, 0.2) is 0 Å². The second kappa shape index (κ2) is 6.33. The Morgan fingerprint density at radius 2 is 2.10 bits per heavy atom. The van der Waals surface area contributed by atoms with Crippen molar-refractivity contribution >= 4 is 22.8 Å². The van der Waals surface area contributed by atoms with Gasteiger partial charge in [-0.15, -0.1) is 0 Å². The Balaban J connectivity index is 1.74. The van der Waals surface area contributed by atoms with Crippen molar-refractivity contribution in [3.63, 3.8) is 0 Å². The standard InChI is InChI=1S/C22H21N5O2/c1-27-16-5-4-13(6-9-22(29)7-2-3-8-22)10-15(16)17-18-14(12-25-21(23)26-18)11-24-20(28)19(17)27/h4-5,10,12,29H,2-3,7-8,11H2,1H3,(H,24,28)(H2,23,25,26). The second-order valence-electron chi connectivity index (χ2n) is 7.79. The van der Waals surface area contributed by atoms with Crippen LogP contribution < -0.4 is 11.1 Å². The predicted molar refractivity (Wildman–Crippen MR) is 110 cm³/mol. The van der Waals surface area contributed by atoms with E-state index in [9.17, 15) is 9.90 Å². The van der Waals surface area contributed by atoms with Crippen molar-refractivity contribution in [2.75, 3.05) is 5.73 Å². The van der Waals surface area contributed by atoms with Crippen molar-refractivity contribution in [2.24, 2.45) is 7.05 Å². The minimum Gasteiger partial charge on any atom is -0.378 e. The number of nitrogens with zero attached hydrogens (tertiary/aromatic N) is 3. The van der Waals surface area contributed by atoms with Gasteiger partial charge in [-0.3, -0.25) is 4.79 Å². The van der Waals surface area contributed by atoms with Gasteiger partial charge in [-0.05, 0) is 43.9 Å². The van der Waals surface area contributed by atoms with Gasteiger partial charge in [0.25, 0.3) is 5.91 Å². The number of anilines is 1. The molecule has 1 amide bonds. The van der Waals surface area contributed by atoms with E-state index in [4.69, 9.17) is 5.73 Å². The number of nitrogens with one attached hydrogen (secondary N) is 1. The summed E-state index contributed by atoms with van der Waals surface area (Å²) in [6.45, 7) is 0.344. The van der Waals surface area contributed by atoms with Gasteiger partial charge in [0.2, 0.25) is 5.95 Å². The zero-order valence-corrected chi connectivity index (χ0v) is 16.1. The average Bonchev–Trinajstić information content (AvgIpc) is 3.22. The molecule has 1 aliphatic carbocycles. The van der Waals surface area contributed by atoms with Crippen LogP contribution in [-0.2, 0) is 13.6 Å². The number of aliphatic hydroxyl groups is 1. The summed E-state index contributed by atoms with van der Waals surface area (Å²) in [7, 11) is 1.86. The topological polar surface area (TPSA) is 106 Å². The van der Waals surface area contributed by atoms with Crippen molar-refractivity contribution in [1.82, 2.24) is 19.9 Å². The summed E-state index contributed by atoms with van der Waals surface area (Å²) in [5.41, 5.74) is 9.41. The number of rotatable bonds is 0. The second-order valence-corrected chi connectivity index (χ2v) is 7.79. The Labute approximate surface area is 168 Å². The number of hydrogen-bond donors (Lipinski definition) is 3. The van der Waals surface area contributed by atoms with Crippen LogP contribution in [0.1, 0.15) is 47.3 Å². The first-order valence-electron chi connectivity index (χ1n) is 9.73. The number of aryl methyl sites for hydroxylation is 1. The number of aromatic nitrogens is 3. The van der Waals surface area contributed by atoms with E-state index in [0.717, 1.165) is 40.4 Å². The van der Waals surface area contributed by atoms with E-state index < -0.39 is 5.60 Å². The van der Waals surface area contributed by atoms with Crippen molar-refractivity contribution in [2.45, 2.75) is 37.8 Å². The molecule has 0 bridgehead atoms. The summed E-state index contributed by atoms with van der Waals surface area (Å²) in [6, 6.07) is 5.82. The highest BCUT2D eigenvalue weighted by atomic mass is 16.3. The lowest BCUT2D eigenvalue weighted by Gasteiger charge is -2.12. The number of benzene rings is 1. The predicted octanol–water partition coefficient (Wildman–Crippen LogP) is 2.12. The van der Waals surface area contributed by atoms with Gasteiger partial charge in [0, 0.05) is 47.4 Å². The fourth-order valence-electron chi connectivity index (χ4n) is 4.33. The van der Waals surface area contributed by atoms with Crippen LogP contribution in [0.3, 0.4) is 0 Å². The van der Waals surface area contributed by atoms with E-state index in [0.29, 0.717) is 30.8 Å². The number of fused-ring (bicyclic) bond motifs is 5. The van der Waals surface area contributed by atoms with Crippen LogP contribution >= 0.6 is 0 Å². The molecule has 2 aromatic heterocycles. The van der Waals surface area contributed by atoms with Crippen LogP contribution in [0, 0.1) is 11.8 Å². The molecule has 1 aromatic carbocycles. The molecule has 1 aliphatic heterocycles. The lowest BCUT2D eigenvalue weighted by molar-refractivity contribution is 0.0945. The summed E-state index contributed by atoms with van der Waals surface area (Å²) in [5, 5.41) is 14.3. The molecule has 0 radical (unpaired) electrons. The summed E-state index contributed by atoms with van der Waals surface area (Å²) in [6.07, 6.45) is 5.09. The Morgan fingerprint density at radius 1 is 1.31 bits per heavy atom. The number of carbonyl (C=O) groups is 1. The highest BCUT2D eigenvalue weighted by molar-refractivity contribution is 6.11. The molecular weight excluding hydrogens is 366 g/mol. The number of nitrogen functional groups attached to an aromatic ring is 1. The van der Waals surface area contributed by atoms with Gasteiger partial charge in [-0.25, -0.2) is 9.97 Å². The maximum absolute atomic E-state index is 12.8. The molecule has 7 heteroatoms. The third-order valence-corrected chi connectivity index (χ3v) is 5.84. The molecule has 0 unspecified atom stereocenters. The van der Waals surface area contributed by atoms with E-state index in [2.05, 4.69) is 27.1 Å². The quantitative estimate of drug-likeness (QED) is 0.512. The Kier molecular flexibility index (Phi) is 3.86. The van der Waals surface area contributed by atoms with E-state index >= 15 is 0 Å². The molecule has 0 atom stereocenters. The van der Waals surface area contributed by atoms with Gasteiger partial charge in [-0.2, -0.15) is 0 Å². The smallest absolute Gasteiger partial charge is 0.268 e. The van der Waals surface area contributed by atoms with Crippen molar-refractivity contribution in [1.29, 1.82) is 0 Å². The number of carbonyl (C=O) groups excluding carboxylic acids is 1. The molecule has 7 nitrogen and oxygen atoms in total. The zero-order valence-electron chi connectivity index (χ0n) is 16.1. The number of amides is 1.